The number of benzene rings is 2. The number of carboxylic acid groups (broad SMARTS) is 1. The molecule has 44 heavy (non-hydrogen) atoms. The smallest absolute Gasteiger partial charge is 0.341 e. The molecular weight excluding hydrogens is 552 g/mol. The lowest BCUT2D eigenvalue weighted by Crippen LogP contribution is -2.06. The minimum atomic E-state index is -1.18. The van der Waals surface area contributed by atoms with Gasteiger partial charge in [-0.1, -0.05) is 178 Å². The lowest BCUT2D eigenvalue weighted by atomic mass is 10.0. The maximum absolute atomic E-state index is 11.9. The van der Waals surface area contributed by atoms with Gasteiger partial charge in [-0.15, -0.1) is 0 Å². The number of carboxylic acids is 1. The van der Waals surface area contributed by atoms with E-state index >= 15 is 0 Å². The molecule has 2 aromatic carbocycles. The molecular formula is C38H59O6-. The molecule has 6 nitrogen and oxygen atoms in total. The van der Waals surface area contributed by atoms with Crippen LogP contribution in [0.1, 0.15) is 169 Å². The van der Waals surface area contributed by atoms with E-state index in [4.69, 9.17) is 9.84 Å². The molecule has 0 aliphatic heterocycles. The quantitative estimate of drug-likeness (QED) is 0.0854. The van der Waals surface area contributed by atoms with Gasteiger partial charge in [-0.2, -0.15) is 0 Å². The Morgan fingerprint density at radius 1 is 0.568 bits per heavy atom. The van der Waals surface area contributed by atoms with Crippen molar-refractivity contribution in [3.05, 3.63) is 59.7 Å². The van der Waals surface area contributed by atoms with Crippen molar-refractivity contribution in [1.82, 2.24) is 0 Å². The van der Waals surface area contributed by atoms with E-state index in [2.05, 4.69) is 6.92 Å². The number of unbranched alkanes of at least 4 members (excludes halogenated alkanes) is 21. The Morgan fingerprint density at radius 3 is 1.30 bits per heavy atom. The zero-order chi connectivity index (χ0) is 32.1. The summed E-state index contributed by atoms with van der Waals surface area (Å²) in [6, 6.07) is 12.1. The maximum Gasteiger partial charge on any atom is 0.341 e. The number of phenolic OH excluding ortho intramolecular Hbond substituents is 1. The van der Waals surface area contributed by atoms with Gasteiger partial charge in [-0.25, -0.2) is 9.59 Å². The van der Waals surface area contributed by atoms with Gasteiger partial charge in [0, 0.05) is 0 Å². The summed E-state index contributed by atoms with van der Waals surface area (Å²) in [7, 11) is 0. The van der Waals surface area contributed by atoms with Crippen LogP contribution in [0.3, 0.4) is 0 Å². The summed E-state index contributed by atoms with van der Waals surface area (Å²) >= 11 is 0. The van der Waals surface area contributed by atoms with Crippen LogP contribution in [0.5, 0.6) is 11.5 Å². The van der Waals surface area contributed by atoms with Gasteiger partial charge >= 0.3 is 11.9 Å². The van der Waals surface area contributed by atoms with E-state index in [1.807, 2.05) is 0 Å². The minimum absolute atomic E-state index is 0.0124. The van der Waals surface area contributed by atoms with Crippen molar-refractivity contribution in [2.24, 2.45) is 0 Å². The van der Waals surface area contributed by atoms with Crippen LogP contribution in [-0.2, 0) is 4.74 Å². The van der Waals surface area contributed by atoms with E-state index in [0.717, 1.165) is 12.8 Å². The lowest BCUT2D eigenvalue weighted by Gasteiger charge is -2.07. The summed E-state index contributed by atoms with van der Waals surface area (Å²) in [5.41, 5.74) is 0.0730. The van der Waals surface area contributed by atoms with Crippen molar-refractivity contribution >= 4 is 11.9 Å². The molecule has 6 heteroatoms. The van der Waals surface area contributed by atoms with E-state index < -0.39 is 17.7 Å². The molecule has 0 saturated heterocycles. The second-order valence-corrected chi connectivity index (χ2v) is 11.9. The summed E-state index contributed by atoms with van der Waals surface area (Å²) in [5.74, 6) is -2.07. The van der Waals surface area contributed by atoms with Crippen molar-refractivity contribution in [2.75, 3.05) is 6.61 Å². The first-order chi connectivity index (χ1) is 21.5. The number of para-hydroxylation sites is 2. The number of hydrogen-bond acceptors (Lipinski definition) is 5. The summed E-state index contributed by atoms with van der Waals surface area (Å²) < 4.78 is 5.25. The van der Waals surface area contributed by atoms with Gasteiger partial charge in [0.15, 0.2) is 0 Å². The van der Waals surface area contributed by atoms with Gasteiger partial charge < -0.3 is 20.1 Å². The molecule has 0 spiro atoms. The van der Waals surface area contributed by atoms with Crippen LogP contribution in [0.25, 0.3) is 0 Å². The molecule has 2 aromatic rings. The molecule has 2 N–H and O–H groups in total. The predicted molar refractivity (Wildman–Crippen MR) is 178 cm³/mol. The fraction of sp³-hybridized carbons (Fsp3) is 0.632. The van der Waals surface area contributed by atoms with Crippen molar-refractivity contribution in [3.8, 4) is 11.5 Å². The molecule has 0 aromatic heterocycles. The number of hydrogen-bond donors (Lipinski definition) is 2. The van der Waals surface area contributed by atoms with Crippen LogP contribution in [0.15, 0.2) is 48.5 Å². The van der Waals surface area contributed by atoms with Crippen molar-refractivity contribution in [3.63, 3.8) is 0 Å². The maximum atomic E-state index is 11.9. The molecule has 248 valence electrons. The monoisotopic (exact) mass is 611 g/mol. The molecule has 0 unspecified atom stereocenters. The summed E-state index contributed by atoms with van der Waals surface area (Å²) in [6.45, 7) is 2.73. The summed E-state index contributed by atoms with van der Waals surface area (Å²) in [6.07, 6.45) is 30.1. The Labute approximate surface area is 267 Å². The van der Waals surface area contributed by atoms with Crippen molar-refractivity contribution < 1.29 is 29.6 Å². The van der Waals surface area contributed by atoms with Crippen LogP contribution >= 0.6 is 0 Å². The van der Waals surface area contributed by atoms with E-state index in [1.165, 1.54) is 159 Å². The molecule has 0 heterocycles. The highest BCUT2D eigenvalue weighted by Gasteiger charge is 2.11. The Morgan fingerprint density at radius 2 is 0.932 bits per heavy atom. The predicted octanol–water partition coefficient (Wildman–Crippen LogP) is 10.6. The van der Waals surface area contributed by atoms with Crippen LogP contribution in [0.2, 0.25) is 0 Å². The lowest BCUT2D eigenvalue weighted by molar-refractivity contribution is -0.268. The Bertz CT molecular complexity index is 989. The third kappa shape index (κ3) is 20.8. The van der Waals surface area contributed by atoms with Gasteiger partial charge in [0.2, 0.25) is 0 Å². The van der Waals surface area contributed by atoms with Crippen molar-refractivity contribution in [1.29, 1.82) is 0 Å². The van der Waals surface area contributed by atoms with Crippen LogP contribution in [0, 0.1) is 0 Å². The molecule has 0 aliphatic carbocycles. The first-order valence-electron chi connectivity index (χ1n) is 17.4. The number of esters is 1. The number of aromatic carboxylic acids is 1. The van der Waals surface area contributed by atoms with Gasteiger partial charge in [0.1, 0.15) is 11.3 Å². The normalized spacial score (nSPS) is 10.7. The molecule has 0 atom stereocenters. The number of ether oxygens (including phenoxy) is 1. The average molecular weight is 612 g/mol. The number of carbonyl (C=O) groups excluding carboxylic acids is 1. The second-order valence-electron chi connectivity index (χ2n) is 11.9. The SMILES string of the molecule is CCCCCCCCCCCCCCCCCCCCCCCCOC(=O)c1ccccc1O.O=C(O)c1ccccc1[O-]. The van der Waals surface area contributed by atoms with Crippen molar-refractivity contribution in [2.45, 2.75) is 148 Å². The summed E-state index contributed by atoms with van der Waals surface area (Å²) in [4.78, 5) is 22.1. The van der Waals surface area contributed by atoms with Crippen LogP contribution in [-0.4, -0.2) is 28.8 Å². The highest BCUT2D eigenvalue weighted by molar-refractivity contribution is 5.92. The van der Waals surface area contributed by atoms with Gasteiger partial charge in [-0.3, -0.25) is 0 Å². The molecule has 0 fully saturated rings. The van der Waals surface area contributed by atoms with Gasteiger partial charge in [0.05, 0.1) is 12.2 Å². The number of rotatable bonds is 25. The van der Waals surface area contributed by atoms with E-state index in [-0.39, 0.29) is 16.9 Å². The Balaban J connectivity index is 0.000000813. The molecule has 0 amide bonds. The third-order valence-electron chi connectivity index (χ3n) is 7.97. The fourth-order valence-corrected chi connectivity index (χ4v) is 5.24. The molecule has 0 radical (unpaired) electrons. The number of aromatic hydroxyl groups is 1. The highest BCUT2D eigenvalue weighted by atomic mass is 16.5. The fourth-order valence-electron chi connectivity index (χ4n) is 5.24. The third-order valence-corrected chi connectivity index (χ3v) is 7.97. The molecule has 0 saturated carbocycles. The second kappa shape index (κ2) is 27.5. The standard InChI is InChI=1S/C31H54O3.C7H6O3/c1-2-3-4-5-6-7-8-9-10-11-12-13-14-15-16-17-18-19-20-21-22-25-28-34-31(33)29-26-23-24-27-30(29)32;8-6-4-2-1-3-5(6)7(9)10/h23-24,26-27,32H,2-22,25,28H2,1H3;1-4,8H,(H,9,10)/p-1. The van der Waals surface area contributed by atoms with E-state index in [0.29, 0.717) is 6.61 Å². The zero-order valence-corrected chi connectivity index (χ0v) is 27.4. The Hall–Kier alpha value is -3.02. The zero-order valence-electron chi connectivity index (χ0n) is 27.4. The molecule has 2 rings (SSSR count). The Kier molecular flexibility index (Phi) is 24.4. The largest absolute Gasteiger partial charge is 0.872 e. The minimum Gasteiger partial charge on any atom is -0.872 e. The highest BCUT2D eigenvalue weighted by Crippen LogP contribution is 2.18. The molecule has 0 aliphatic rings. The average Bonchev–Trinajstić information content (AvgIpc) is 3.02. The van der Waals surface area contributed by atoms with Crippen LogP contribution < -0.4 is 5.11 Å². The molecule has 0 bridgehead atoms. The number of phenols is 1. The van der Waals surface area contributed by atoms with E-state index in [9.17, 15) is 19.8 Å². The summed E-state index contributed by atoms with van der Waals surface area (Å²) in [5, 5.41) is 28.7. The number of carbonyl (C=O) groups is 2. The first kappa shape index (κ1) is 39.0. The topological polar surface area (TPSA) is 107 Å². The van der Waals surface area contributed by atoms with Gasteiger partial charge in [0.25, 0.3) is 0 Å². The van der Waals surface area contributed by atoms with Crippen LogP contribution in [0.4, 0.5) is 0 Å². The first-order valence-corrected chi connectivity index (χ1v) is 17.4. The van der Waals surface area contributed by atoms with E-state index in [1.54, 1.807) is 18.2 Å². The van der Waals surface area contributed by atoms with Gasteiger partial charge in [-0.05, 0) is 24.6 Å².